The van der Waals surface area contributed by atoms with Crippen molar-refractivity contribution in [3.05, 3.63) is 29.3 Å². The van der Waals surface area contributed by atoms with Gasteiger partial charge in [-0.3, -0.25) is 14.4 Å². The number of benzene rings is 1. The van der Waals surface area contributed by atoms with Crippen molar-refractivity contribution in [2.24, 2.45) is 0 Å². The Morgan fingerprint density at radius 3 is 2.29 bits per heavy atom. The van der Waals surface area contributed by atoms with Crippen LogP contribution in [-0.4, -0.2) is 55.2 Å². The molecule has 0 aromatic heterocycles. The minimum Gasteiger partial charge on any atom is -0.368 e. The van der Waals surface area contributed by atoms with Gasteiger partial charge < -0.3 is 15.1 Å². The second-order valence-electron chi connectivity index (χ2n) is 5.70. The number of amides is 2. The standard InChI is InChI=1S/C17H22ClN3O3/c1-2-3-15(22)17(24)19-12-16(23)21-10-8-20(9-11-21)14-6-4-13(18)5-7-14/h4-7H,2-3,8-12H2,1H3,(H,19,24). The molecule has 0 spiro atoms. The molecule has 0 aliphatic carbocycles. The van der Waals surface area contributed by atoms with Crippen LogP contribution in [0.1, 0.15) is 19.8 Å². The van der Waals surface area contributed by atoms with Crippen molar-refractivity contribution < 1.29 is 14.4 Å². The van der Waals surface area contributed by atoms with Crippen molar-refractivity contribution in [1.82, 2.24) is 10.2 Å². The van der Waals surface area contributed by atoms with E-state index in [9.17, 15) is 14.4 Å². The highest BCUT2D eigenvalue weighted by Crippen LogP contribution is 2.19. The van der Waals surface area contributed by atoms with Gasteiger partial charge in [-0.25, -0.2) is 0 Å². The Kier molecular flexibility index (Phi) is 6.61. The Hall–Kier alpha value is -2.08. The van der Waals surface area contributed by atoms with E-state index in [-0.39, 0.29) is 18.9 Å². The molecule has 0 radical (unpaired) electrons. The molecule has 1 N–H and O–H groups in total. The number of hydrogen-bond donors (Lipinski definition) is 1. The molecular formula is C17H22ClN3O3. The molecule has 24 heavy (non-hydrogen) atoms. The number of halogens is 1. The van der Waals surface area contributed by atoms with Crippen molar-refractivity contribution in [1.29, 1.82) is 0 Å². The van der Waals surface area contributed by atoms with E-state index in [0.717, 1.165) is 18.8 Å². The average Bonchev–Trinajstić information content (AvgIpc) is 2.60. The van der Waals surface area contributed by atoms with Gasteiger partial charge in [-0.05, 0) is 30.7 Å². The van der Waals surface area contributed by atoms with Gasteiger partial charge in [0.15, 0.2) is 0 Å². The van der Waals surface area contributed by atoms with E-state index in [1.54, 1.807) is 4.90 Å². The first kappa shape index (κ1) is 18.3. The maximum Gasteiger partial charge on any atom is 0.287 e. The van der Waals surface area contributed by atoms with Crippen LogP contribution in [0.2, 0.25) is 5.02 Å². The van der Waals surface area contributed by atoms with Crippen LogP contribution in [0, 0.1) is 0 Å². The summed E-state index contributed by atoms with van der Waals surface area (Å²) in [5, 5.41) is 3.10. The van der Waals surface area contributed by atoms with E-state index in [4.69, 9.17) is 11.6 Å². The van der Waals surface area contributed by atoms with Crippen molar-refractivity contribution in [2.75, 3.05) is 37.6 Å². The van der Waals surface area contributed by atoms with Gasteiger partial charge in [-0.1, -0.05) is 18.5 Å². The highest BCUT2D eigenvalue weighted by molar-refractivity contribution is 6.36. The van der Waals surface area contributed by atoms with Gasteiger partial charge >= 0.3 is 0 Å². The summed E-state index contributed by atoms with van der Waals surface area (Å²) in [5.41, 5.74) is 1.07. The number of hydrogen-bond acceptors (Lipinski definition) is 4. The van der Waals surface area contributed by atoms with Crippen LogP contribution in [0.25, 0.3) is 0 Å². The summed E-state index contributed by atoms with van der Waals surface area (Å²) in [6.07, 6.45) is 0.826. The third-order valence-corrected chi connectivity index (χ3v) is 4.21. The Morgan fingerprint density at radius 1 is 1.08 bits per heavy atom. The first-order valence-corrected chi connectivity index (χ1v) is 8.48. The molecule has 6 nitrogen and oxygen atoms in total. The molecule has 130 valence electrons. The van der Waals surface area contributed by atoms with E-state index in [0.29, 0.717) is 24.5 Å². The molecule has 0 bridgehead atoms. The van der Waals surface area contributed by atoms with Crippen LogP contribution in [0.5, 0.6) is 0 Å². The number of piperazine rings is 1. The minimum absolute atomic E-state index is 0.130. The molecule has 1 aliphatic heterocycles. The van der Waals surface area contributed by atoms with E-state index >= 15 is 0 Å². The third-order valence-electron chi connectivity index (χ3n) is 3.95. The minimum atomic E-state index is -0.676. The fourth-order valence-corrected chi connectivity index (χ4v) is 2.70. The third kappa shape index (κ3) is 4.96. The molecule has 1 aromatic rings. The molecule has 1 aromatic carbocycles. The second kappa shape index (κ2) is 8.68. The first-order chi connectivity index (χ1) is 11.5. The van der Waals surface area contributed by atoms with E-state index in [1.807, 2.05) is 31.2 Å². The summed E-state index contributed by atoms with van der Waals surface area (Å²) in [7, 11) is 0. The Morgan fingerprint density at radius 2 is 1.71 bits per heavy atom. The number of nitrogens with one attached hydrogen (secondary N) is 1. The molecule has 0 saturated carbocycles. The molecule has 1 saturated heterocycles. The summed E-state index contributed by atoms with van der Waals surface area (Å²) in [5.74, 6) is -1.31. The van der Waals surface area contributed by atoms with Gasteiger partial charge in [0.05, 0.1) is 6.54 Å². The fraction of sp³-hybridized carbons (Fsp3) is 0.471. The van der Waals surface area contributed by atoms with Crippen LogP contribution in [-0.2, 0) is 14.4 Å². The molecule has 2 rings (SSSR count). The van der Waals surface area contributed by atoms with Crippen LogP contribution in [0.3, 0.4) is 0 Å². The predicted molar refractivity (Wildman–Crippen MR) is 93.2 cm³/mol. The second-order valence-corrected chi connectivity index (χ2v) is 6.14. The van der Waals surface area contributed by atoms with Crippen LogP contribution < -0.4 is 10.2 Å². The van der Waals surface area contributed by atoms with Gasteiger partial charge in [-0.15, -0.1) is 0 Å². The maximum atomic E-state index is 12.1. The van der Waals surface area contributed by atoms with Crippen molar-refractivity contribution >= 4 is 34.9 Å². The maximum absolute atomic E-state index is 12.1. The normalized spacial score (nSPS) is 14.4. The zero-order chi connectivity index (χ0) is 17.5. The largest absolute Gasteiger partial charge is 0.368 e. The summed E-state index contributed by atoms with van der Waals surface area (Å²) >= 11 is 5.89. The van der Waals surface area contributed by atoms with E-state index in [1.165, 1.54) is 0 Å². The first-order valence-electron chi connectivity index (χ1n) is 8.10. The summed E-state index contributed by atoms with van der Waals surface area (Å²) < 4.78 is 0. The number of Topliss-reactive ketones (excluding diaryl/α,β-unsaturated/α-hetero) is 1. The molecule has 1 aliphatic rings. The Labute approximate surface area is 146 Å². The van der Waals surface area contributed by atoms with Crippen LogP contribution in [0.15, 0.2) is 24.3 Å². The monoisotopic (exact) mass is 351 g/mol. The Bertz CT molecular complexity index is 596. The number of rotatable bonds is 6. The molecule has 0 atom stereocenters. The molecule has 1 fully saturated rings. The Balaban J connectivity index is 1.77. The fourth-order valence-electron chi connectivity index (χ4n) is 2.57. The number of ketones is 1. The van der Waals surface area contributed by atoms with Gasteiger partial charge in [0.1, 0.15) is 0 Å². The van der Waals surface area contributed by atoms with Gasteiger partial charge in [-0.2, -0.15) is 0 Å². The average molecular weight is 352 g/mol. The number of nitrogens with zero attached hydrogens (tertiary/aromatic N) is 2. The topological polar surface area (TPSA) is 69.7 Å². The van der Waals surface area contributed by atoms with Crippen LogP contribution >= 0.6 is 11.6 Å². The van der Waals surface area contributed by atoms with Gasteiger partial charge in [0, 0.05) is 43.3 Å². The predicted octanol–water partition coefficient (Wildman–Crippen LogP) is 1.47. The zero-order valence-corrected chi connectivity index (χ0v) is 14.5. The van der Waals surface area contributed by atoms with E-state index in [2.05, 4.69) is 10.2 Å². The quantitative estimate of drug-likeness (QED) is 0.788. The van der Waals surface area contributed by atoms with Crippen molar-refractivity contribution in [3.8, 4) is 0 Å². The SMILES string of the molecule is CCCC(=O)C(=O)NCC(=O)N1CCN(c2ccc(Cl)cc2)CC1. The lowest BCUT2D eigenvalue weighted by molar-refractivity contribution is -0.139. The summed E-state index contributed by atoms with van der Waals surface area (Å²) in [4.78, 5) is 39.0. The number of anilines is 1. The lowest BCUT2D eigenvalue weighted by atomic mass is 10.2. The highest BCUT2D eigenvalue weighted by Gasteiger charge is 2.22. The van der Waals surface area contributed by atoms with Gasteiger partial charge in [0.25, 0.3) is 5.91 Å². The van der Waals surface area contributed by atoms with E-state index < -0.39 is 11.7 Å². The lowest BCUT2D eigenvalue weighted by Crippen LogP contribution is -2.51. The smallest absolute Gasteiger partial charge is 0.287 e. The van der Waals surface area contributed by atoms with Crippen molar-refractivity contribution in [3.63, 3.8) is 0 Å². The lowest BCUT2D eigenvalue weighted by Gasteiger charge is -2.36. The highest BCUT2D eigenvalue weighted by atomic mass is 35.5. The number of carbonyl (C=O) groups excluding carboxylic acids is 3. The molecule has 0 unspecified atom stereocenters. The van der Waals surface area contributed by atoms with Crippen molar-refractivity contribution in [2.45, 2.75) is 19.8 Å². The molecule has 2 amide bonds. The summed E-state index contributed by atoms with van der Waals surface area (Å²) in [6, 6.07) is 7.60. The molecular weight excluding hydrogens is 330 g/mol. The zero-order valence-electron chi connectivity index (χ0n) is 13.8. The summed E-state index contributed by atoms with van der Waals surface area (Å²) in [6.45, 7) is 4.30. The molecule has 1 heterocycles. The van der Waals surface area contributed by atoms with Crippen LogP contribution in [0.4, 0.5) is 5.69 Å². The van der Waals surface area contributed by atoms with Gasteiger partial charge in [0.2, 0.25) is 11.7 Å². The molecule has 7 heteroatoms. The number of carbonyl (C=O) groups is 3.